The molecule has 0 bridgehead atoms. The van der Waals surface area contributed by atoms with E-state index < -0.39 is 16.0 Å². The van der Waals surface area contributed by atoms with Gasteiger partial charge >= 0.3 is 5.97 Å². The maximum atomic E-state index is 12.2. The lowest BCUT2D eigenvalue weighted by Gasteiger charge is -2.20. The van der Waals surface area contributed by atoms with Gasteiger partial charge in [0.05, 0.1) is 11.4 Å². The molecule has 0 amide bonds. The van der Waals surface area contributed by atoms with Gasteiger partial charge in [-0.2, -0.15) is 0 Å². The molecule has 1 aliphatic rings. The number of benzene rings is 1. The smallest absolute Gasteiger partial charge is 0.328 e. The molecule has 0 radical (unpaired) electrons. The van der Waals surface area contributed by atoms with Gasteiger partial charge in [-0.15, -0.1) is 0 Å². The first-order valence-electron chi connectivity index (χ1n) is 6.88. The monoisotopic (exact) mass is 309 g/mol. The Morgan fingerprint density at radius 3 is 2.71 bits per heavy atom. The van der Waals surface area contributed by atoms with E-state index in [0.29, 0.717) is 18.7 Å². The van der Waals surface area contributed by atoms with Crippen molar-refractivity contribution < 1.29 is 18.3 Å². The summed E-state index contributed by atoms with van der Waals surface area (Å²) in [5, 5.41) is 8.65. The molecule has 0 spiro atoms. The first-order chi connectivity index (χ1) is 9.83. The van der Waals surface area contributed by atoms with Crippen LogP contribution >= 0.6 is 0 Å². The summed E-state index contributed by atoms with van der Waals surface area (Å²) in [6, 6.07) is 5.34. The van der Waals surface area contributed by atoms with Gasteiger partial charge in [-0.25, -0.2) is 13.2 Å². The molecule has 0 aromatic heterocycles. The van der Waals surface area contributed by atoms with Gasteiger partial charge in [0.1, 0.15) is 0 Å². The Bertz CT molecular complexity index is 679. The maximum Gasteiger partial charge on any atom is 0.328 e. The summed E-state index contributed by atoms with van der Waals surface area (Å²) in [6.07, 6.45) is 3.26. The van der Waals surface area contributed by atoms with Crippen molar-refractivity contribution in [2.24, 2.45) is 5.92 Å². The van der Waals surface area contributed by atoms with Gasteiger partial charge in [0.25, 0.3) is 0 Å². The number of hydrogen-bond acceptors (Lipinski definition) is 3. The number of carboxylic acids is 1. The predicted octanol–water partition coefficient (Wildman–Crippen LogP) is 2.13. The van der Waals surface area contributed by atoms with E-state index in [9.17, 15) is 13.2 Å². The molecule has 1 aliphatic heterocycles. The second-order valence-corrected chi connectivity index (χ2v) is 7.27. The van der Waals surface area contributed by atoms with Crippen molar-refractivity contribution in [3.8, 4) is 0 Å². The molecule has 21 heavy (non-hydrogen) atoms. The van der Waals surface area contributed by atoms with Gasteiger partial charge in [0.2, 0.25) is 10.0 Å². The van der Waals surface area contributed by atoms with Gasteiger partial charge in [-0.1, -0.05) is 19.9 Å². The number of rotatable bonds is 4. The summed E-state index contributed by atoms with van der Waals surface area (Å²) in [6.45, 7) is 4.38. The number of anilines is 1. The van der Waals surface area contributed by atoms with Crippen LogP contribution in [-0.2, 0) is 21.2 Å². The lowest BCUT2D eigenvalue weighted by atomic mass is 10.1. The minimum atomic E-state index is -3.24. The highest BCUT2D eigenvalue weighted by Gasteiger charge is 2.34. The molecule has 5 nitrogen and oxygen atoms in total. The van der Waals surface area contributed by atoms with Crippen LogP contribution in [-0.4, -0.2) is 31.8 Å². The Balaban J connectivity index is 2.39. The van der Waals surface area contributed by atoms with Crippen molar-refractivity contribution in [1.29, 1.82) is 0 Å². The Morgan fingerprint density at radius 2 is 2.19 bits per heavy atom. The first-order valence-corrected chi connectivity index (χ1v) is 8.48. The first kappa shape index (κ1) is 15.6. The molecule has 1 unspecified atom stereocenters. The second-order valence-electron chi connectivity index (χ2n) is 5.33. The summed E-state index contributed by atoms with van der Waals surface area (Å²) in [7, 11) is -3.24. The largest absolute Gasteiger partial charge is 0.478 e. The zero-order chi connectivity index (χ0) is 15.6. The summed E-state index contributed by atoms with van der Waals surface area (Å²) < 4.78 is 25.8. The molecule has 0 aliphatic carbocycles. The van der Waals surface area contributed by atoms with Crippen molar-refractivity contribution in [2.75, 3.05) is 16.6 Å². The number of aryl methyl sites for hydroxylation is 1. The molecular formula is C15H19NO4S. The van der Waals surface area contributed by atoms with Crippen LogP contribution in [0.4, 0.5) is 5.69 Å². The van der Waals surface area contributed by atoms with E-state index in [2.05, 4.69) is 0 Å². The van der Waals surface area contributed by atoms with Crippen LogP contribution in [0.25, 0.3) is 6.08 Å². The van der Waals surface area contributed by atoms with E-state index in [0.717, 1.165) is 17.2 Å². The van der Waals surface area contributed by atoms with Crippen LogP contribution in [0, 0.1) is 5.92 Å². The van der Waals surface area contributed by atoms with Crippen molar-refractivity contribution in [2.45, 2.75) is 20.3 Å². The minimum absolute atomic E-state index is 0.117. The molecule has 1 heterocycles. The molecular weight excluding hydrogens is 290 g/mol. The van der Waals surface area contributed by atoms with Gasteiger partial charge < -0.3 is 5.11 Å². The Morgan fingerprint density at radius 1 is 1.48 bits per heavy atom. The summed E-state index contributed by atoms with van der Waals surface area (Å²) in [5.74, 6) is -0.712. The van der Waals surface area contributed by atoms with Crippen molar-refractivity contribution >= 4 is 27.8 Å². The van der Waals surface area contributed by atoms with E-state index in [1.807, 2.05) is 19.9 Å². The van der Waals surface area contributed by atoms with Crippen LogP contribution in [0.2, 0.25) is 0 Å². The van der Waals surface area contributed by atoms with E-state index in [-0.39, 0.29) is 11.7 Å². The number of sulfonamides is 1. The van der Waals surface area contributed by atoms with Gasteiger partial charge in [0, 0.05) is 12.6 Å². The van der Waals surface area contributed by atoms with E-state index in [1.54, 1.807) is 12.1 Å². The number of hydrogen-bond donors (Lipinski definition) is 1. The van der Waals surface area contributed by atoms with E-state index >= 15 is 0 Å². The Labute approximate surface area is 124 Å². The standard InChI is InChI=1S/C15H19NO4S/c1-3-13-8-12(5-7-15(17)18)4-6-14(13)16-9-11(2)10-21(16,19)20/h4-8,11H,3,9-10H2,1-2H3,(H,17,18)/b7-5+. The van der Waals surface area contributed by atoms with Crippen molar-refractivity contribution in [3.63, 3.8) is 0 Å². The van der Waals surface area contributed by atoms with Crippen LogP contribution in [0.5, 0.6) is 0 Å². The molecule has 1 aromatic rings. The van der Waals surface area contributed by atoms with Crippen LogP contribution < -0.4 is 4.31 Å². The molecule has 1 N–H and O–H groups in total. The molecule has 0 saturated carbocycles. The third-order valence-electron chi connectivity index (χ3n) is 3.48. The summed E-state index contributed by atoms with van der Waals surface area (Å²) in [4.78, 5) is 10.6. The molecule has 1 fully saturated rings. The lowest BCUT2D eigenvalue weighted by molar-refractivity contribution is -0.131. The highest BCUT2D eigenvalue weighted by molar-refractivity contribution is 7.93. The highest BCUT2D eigenvalue weighted by atomic mass is 32.2. The molecule has 114 valence electrons. The molecule has 1 saturated heterocycles. The third-order valence-corrected chi connectivity index (χ3v) is 5.49. The average molecular weight is 309 g/mol. The maximum absolute atomic E-state index is 12.2. The fraction of sp³-hybridized carbons (Fsp3) is 0.400. The van der Waals surface area contributed by atoms with Gasteiger partial charge in [-0.3, -0.25) is 4.31 Å². The lowest BCUT2D eigenvalue weighted by Crippen LogP contribution is -2.26. The predicted molar refractivity (Wildman–Crippen MR) is 82.8 cm³/mol. The van der Waals surface area contributed by atoms with Crippen molar-refractivity contribution in [1.82, 2.24) is 0 Å². The van der Waals surface area contributed by atoms with Gasteiger partial charge in [0.15, 0.2) is 0 Å². The molecule has 6 heteroatoms. The normalized spacial score (nSPS) is 21.0. The summed E-state index contributed by atoms with van der Waals surface area (Å²) in [5.41, 5.74) is 2.36. The van der Waals surface area contributed by atoms with E-state index in [4.69, 9.17) is 5.11 Å². The van der Waals surface area contributed by atoms with Crippen LogP contribution in [0.1, 0.15) is 25.0 Å². The summed E-state index contributed by atoms with van der Waals surface area (Å²) >= 11 is 0. The molecule has 1 atom stereocenters. The third kappa shape index (κ3) is 3.44. The molecule has 1 aromatic carbocycles. The zero-order valence-corrected chi connectivity index (χ0v) is 12.9. The molecule has 2 rings (SSSR count). The average Bonchev–Trinajstić information content (AvgIpc) is 2.68. The fourth-order valence-electron chi connectivity index (χ4n) is 2.55. The number of carbonyl (C=O) groups is 1. The number of carboxylic acid groups (broad SMARTS) is 1. The second kappa shape index (κ2) is 5.89. The van der Waals surface area contributed by atoms with Crippen LogP contribution in [0.3, 0.4) is 0 Å². The van der Waals surface area contributed by atoms with Crippen molar-refractivity contribution in [3.05, 3.63) is 35.4 Å². The fourth-order valence-corrected chi connectivity index (χ4v) is 4.51. The Kier molecular flexibility index (Phi) is 4.37. The SMILES string of the molecule is CCc1cc(/C=C/C(=O)O)ccc1N1CC(C)CS1(=O)=O. The Hall–Kier alpha value is -1.82. The number of nitrogens with zero attached hydrogens (tertiary/aromatic N) is 1. The number of aliphatic carboxylic acids is 1. The zero-order valence-electron chi connectivity index (χ0n) is 12.1. The topological polar surface area (TPSA) is 74.7 Å². The van der Waals surface area contributed by atoms with Crippen LogP contribution in [0.15, 0.2) is 24.3 Å². The van der Waals surface area contributed by atoms with E-state index in [1.165, 1.54) is 10.4 Å². The minimum Gasteiger partial charge on any atom is -0.478 e. The quantitative estimate of drug-likeness (QED) is 0.865. The highest BCUT2D eigenvalue weighted by Crippen LogP contribution is 2.31. The van der Waals surface area contributed by atoms with Gasteiger partial charge in [-0.05, 0) is 41.7 Å².